The summed E-state index contributed by atoms with van der Waals surface area (Å²) in [6, 6.07) is 12.8. The second-order valence-electron chi connectivity index (χ2n) is 7.58. The van der Waals surface area contributed by atoms with Crippen molar-refractivity contribution in [3.63, 3.8) is 0 Å². The maximum absolute atomic E-state index is 13.1. The summed E-state index contributed by atoms with van der Waals surface area (Å²) in [6.45, 7) is 10.0. The highest BCUT2D eigenvalue weighted by Gasteiger charge is 2.26. The van der Waals surface area contributed by atoms with E-state index in [1.54, 1.807) is 24.0 Å². The summed E-state index contributed by atoms with van der Waals surface area (Å²) in [5.74, 6) is -0.234. The van der Waals surface area contributed by atoms with Crippen LogP contribution in [0, 0.1) is 13.8 Å². The fourth-order valence-electron chi connectivity index (χ4n) is 2.96. The number of nitrogens with one attached hydrogen (secondary N) is 1. The van der Waals surface area contributed by atoms with Crippen LogP contribution in [0.3, 0.4) is 0 Å². The molecule has 28 heavy (non-hydrogen) atoms. The topological polar surface area (TPSA) is 49.4 Å². The van der Waals surface area contributed by atoms with Gasteiger partial charge in [-0.3, -0.25) is 9.59 Å². The average Bonchev–Trinajstić information content (AvgIpc) is 2.63. The number of aryl methyl sites for hydroxylation is 2. The molecule has 1 unspecified atom stereocenters. The second-order valence-corrected chi connectivity index (χ2v) is 8.02. The number of benzene rings is 2. The zero-order valence-electron chi connectivity index (χ0n) is 17.3. The Balaban J connectivity index is 2.24. The van der Waals surface area contributed by atoms with Crippen LogP contribution < -0.4 is 5.32 Å². The Morgan fingerprint density at radius 1 is 0.964 bits per heavy atom. The molecule has 0 fully saturated rings. The molecule has 0 heterocycles. The number of halogens is 1. The van der Waals surface area contributed by atoms with E-state index < -0.39 is 6.04 Å². The van der Waals surface area contributed by atoms with Gasteiger partial charge in [-0.2, -0.15) is 0 Å². The molecule has 1 atom stereocenters. The highest BCUT2D eigenvalue weighted by Crippen LogP contribution is 2.16. The molecule has 1 N–H and O–H groups in total. The van der Waals surface area contributed by atoms with E-state index in [2.05, 4.69) is 5.32 Å². The largest absolute Gasteiger partial charge is 0.352 e. The highest BCUT2D eigenvalue weighted by atomic mass is 35.5. The molecule has 0 radical (unpaired) electrons. The molecule has 0 saturated carbocycles. The molecular weight excluding hydrogens is 372 g/mol. The first-order valence-corrected chi connectivity index (χ1v) is 9.95. The zero-order chi connectivity index (χ0) is 20.8. The molecule has 0 bridgehead atoms. The van der Waals surface area contributed by atoms with Gasteiger partial charge in [-0.05, 0) is 69.0 Å². The van der Waals surface area contributed by atoms with E-state index in [0.717, 1.165) is 16.7 Å². The molecule has 5 heteroatoms. The van der Waals surface area contributed by atoms with Gasteiger partial charge < -0.3 is 10.2 Å². The summed E-state index contributed by atoms with van der Waals surface area (Å²) in [6.07, 6.45) is 0.258. The molecule has 0 aliphatic carbocycles. The van der Waals surface area contributed by atoms with Crippen LogP contribution in [0.5, 0.6) is 0 Å². The van der Waals surface area contributed by atoms with Crippen molar-refractivity contribution < 1.29 is 9.59 Å². The lowest BCUT2D eigenvalue weighted by molar-refractivity contribution is -0.140. The Morgan fingerprint density at radius 3 is 2.14 bits per heavy atom. The van der Waals surface area contributed by atoms with Gasteiger partial charge >= 0.3 is 0 Å². The minimum atomic E-state index is -0.572. The number of hydrogen-bond acceptors (Lipinski definition) is 2. The van der Waals surface area contributed by atoms with Crippen LogP contribution in [0.2, 0.25) is 5.02 Å². The molecule has 0 saturated heterocycles. The zero-order valence-corrected chi connectivity index (χ0v) is 18.0. The first-order valence-electron chi connectivity index (χ1n) is 9.57. The van der Waals surface area contributed by atoms with Gasteiger partial charge in [-0.1, -0.05) is 41.9 Å². The van der Waals surface area contributed by atoms with Crippen molar-refractivity contribution in [3.05, 3.63) is 69.7 Å². The van der Waals surface area contributed by atoms with Gasteiger partial charge in [0, 0.05) is 17.6 Å². The molecule has 150 valence electrons. The first-order chi connectivity index (χ1) is 13.2. The minimum Gasteiger partial charge on any atom is -0.352 e. The number of amides is 2. The summed E-state index contributed by atoms with van der Waals surface area (Å²) in [7, 11) is 0. The summed E-state index contributed by atoms with van der Waals surface area (Å²) in [5.41, 5.74) is 4.23. The van der Waals surface area contributed by atoms with Crippen LogP contribution in [0.4, 0.5) is 0 Å². The second kappa shape index (κ2) is 9.74. The van der Waals surface area contributed by atoms with Gasteiger partial charge in [-0.15, -0.1) is 0 Å². The third-order valence-corrected chi connectivity index (χ3v) is 5.04. The van der Waals surface area contributed by atoms with Crippen molar-refractivity contribution in [2.24, 2.45) is 0 Å². The van der Waals surface area contributed by atoms with E-state index in [4.69, 9.17) is 11.6 Å². The van der Waals surface area contributed by atoms with Crippen LogP contribution in [-0.2, 0) is 22.6 Å². The van der Waals surface area contributed by atoms with E-state index in [0.29, 0.717) is 11.6 Å². The lowest BCUT2D eigenvalue weighted by Crippen LogP contribution is -2.49. The third kappa shape index (κ3) is 6.10. The third-order valence-electron chi connectivity index (χ3n) is 4.79. The number of nitrogens with zero attached hydrogens (tertiary/aromatic N) is 1. The van der Waals surface area contributed by atoms with Gasteiger partial charge in [0.05, 0.1) is 6.42 Å². The summed E-state index contributed by atoms with van der Waals surface area (Å²) < 4.78 is 0. The Kier molecular flexibility index (Phi) is 7.64. The molecule has 0 aliphatic rings. The van der Waals surface area contributed by atoms with Crippen molar-refractivity contribution in [1.29, 1.82) is 0 Å². The molecule has 2 aromatic carbocycles. The predicted molar refractivity (Wildman–Crippen MR) is 114 cm³/mol. The molecule has 4 nitrogen and oxygen atoms in total. The van der Waals surface area contributed by atoms with E-state index in [1.807, 2.05) is 58.0 Å². The van der Waals surface area contributed by atoms with Crippen LogP contribution in [0.25, 0.3) is 0 Å². The Morgan fingerprint density at radius 2 is 1.57 bits per heavy atom. The quantitative estimate of drug-likeness (QED) is 0.746. The lowest BCUT2D eigenvalue weighted by Gasteiger charge is -2.29. The number of carbonyl (C=O) groups excluding carboxylic acids is 2. The maximum Gasteiger partial charge on any atom is 0.242 e. The monoisotopic (exact) mass is 400 g/mol. The standard InChI is InChI=1S/C23H29ClN2O2/c1-15(2)25-23(28)18(5)26(14-19-8-10-21(24)11-9-19)22(27)13-20-7-6-16(3)17(4)12-20/h6-12,15,18H,13-14H2,1-5H3,(H,25,28). The van der Waals surface area contributed by atoms with Crippen LogP contribution in [0.15, 0.2) is 42.5 Å². The summed E-state index contributed by atoms with van der Waals surface area (Å²) >= 11 is 5.97. The molecule has 2 rings (SSSR count). The molecular formula is C23H29ClN2O2. The number of hydrogen-bond donors (Lipinski definition) is 1. The molecule has 0 aliphatic heterocycles. The minimum absolute atomic E-state index is 0.0159. The highest BCUT2D eigenvalue weighted by molar-refractivity contribution is 6.30. The van der Waals surface area contributed by atoms with Gasteiger partial charge in [0.1, 0.15) is 6.04 Å². The molecule has 0 spiro atoms. The summed E-state index contributed by atoms with van der Waals surface area (Å²) in [5, 5.41) is 3.54. The Hall–Kier alpha value is -2.33. The van der Waals surface area contributed by atoms with E-state index >= 15 is 0 Å². The van der Waals surface area contributed by atoms with Crippen molar-refractivity contribution in [3.8, 4) is 0 Å². The van der Waals surface area contributed by atoms with E-state index in [-0.39, 0.29) is 24.3 Å². The predicted octanol–water partition coefficient (Wildman–Crippen LogP) is 4.44. The van der Waals surface area contributed by atoms with Gasteiger partial charge in [0.2, 0.25) is 11.8 Å². The maximum atomic E-state index is 13.1. The molecule has 2 amide bonds. The van der Waals surface area contributed by atoms with E-state index in [9.17, 15) is 9.59 Å². The summed E-state index contributed by atoms with van der Waals surface area (Å²) in [4.78, 5) is 27.3. The smallest absolute Gasteiger partial charge is 0.242 e. The fourth-order valence-corrected chi connectivity index (χ4v) is 3.09. The van der Waals surface area contributed by atoms with Crippen molar-refractivity contribution >= 4 is 23.4 Å². The van der Waals surface area contributed by atoms with Gasteiger partial charge in [0.15, 0.2) is 0 Å². The van der Waals surface area contributed by atoms with Crippen molar-refractivity contribution in [1.82, 2.24) is 10.2 Å². The molecule has 0 aromatic heterocycles. The Bertz CT molecular complexity index is 831. The van der Waals surface area contributed by atoms with Crippen LogP contribution >= 0.6 is 11.6 Å². The lowest BCUT2D eigenvalue weighted by atomic mass is 10.0. The van der Waals surface area contributed by atoms with Crippen molar-refractivity contribution in [2.75, 3.05) is 0 Å². The van der Waals surface area contributed by atoms with Gasteiger partial charge in [-0.25, -0.2) is 0 Å². The first kappa shape index (κ1) is 22.0. The number of carbonyl (C=O) groups is 2. The average molecular weight is 401 g/mol. The van der Waals surface area contributed by atoms with E-state index in [1.165, 1.54) is 5.56 Å². The van der Waals surface area contributed by atoms with Crippen LogP contribution in [0.1, 0.15) is 43.0 Å². The van der Waals surface area contributed by atoms with Crippen molar-refractivity contribution in [2.45, 2.75) is 59.7 Å². The fraction of sp³-hybridized carbons (Fsp3) is 0.391. The SMILES string of the molecule is Cc1ccc(CC(=O)N(Cc2ccc(Cl)cc2)C(C)C(=O)NC(C)C)cc1C. The van der Waals surface area contributed by atoms with Gasteiger partial charge in [0.25, 0.3) is 0 Å². The normalized spacial score (nSPS) is 12.0. The van der Waals surface area contributed by atoms with Crippen LogP contribution in [-0.4, -0.2) is 28.8 Å². The Labute approximate surface area is 172 Å². The number of rotatable bonds is 7. The molecule has 2 aromatic rings.